The van der Waals surface area contributed by atoms with Crippen LogP contribution in [-0.4, -0.2) is 34.2 Å². The van der Waals surface area contributed by atoms with Gasteiger partial charge < -0.3 is 11.1 Å². The lowest BCUT2D eigenvalue weighted by Gasteiger charge is -2.13. The first kappa shape index (κ1) is 13.9. The van der Waals surface area contributed by atoms with Gasteiger partial charge in [-0.3, -0.25) is 4.79 Å². The quantitative estimate of drug-likeness (QED) is 0.554. The van der Waals surface area contributed by atoms with Crippen LogP contribution in [0, 0.1) is 6.92 Å². The summed E-state index contributed by atoms with van der Waals surface area (Å²) in [6, 6.07) is -0.329. The molecule has 6 heteroatoms. The van der Waals surface area contributed by atoms with E-state index in [1.807, 2.05) is 13.8 Å². The van der Waals surface area contributed by atoms with Crippen LogP contribution in [0.4, 0.5) is 0 Å². The molecule has 0 aliphatic heterocycles. The molecule has 1 atom stereocenters. The van der Waals surface area contributed by atoms with Crippen molar-refractivity contribution in [1.29, 1.82) is 0 Å². The van der Waals surface area contributed by atoms with Gasteiger partial charge in [-0.05, 0) is 25.5 Å². The van der Waals surface area contributed by atoms with E-state index in [0.717, 1.165) is 18.5 Å². The van der Waals surface area contributed by atoms with E-state index in [0.29, 0.717) is 10.9 Å². The lowest BCUT2D eigenvalue weighted by molar-refractivity contribution is -0.119. The van der Waals surface area contributed by atoms with E-state index in [9.17, 15) is 4.79 Å². The van der Waals surface area contributed by atoms with Crippen LogP contribution in [-0.2, 0) is 4.79 Å². The monoisotopic (exact) mass is 254 g/mol. The van der Waals surface area contributed by atoms with Gasteiger partial charge in [-0.25, -0.2) is 9.97 Å². The van der Waals surface area contributed by atoms with Gasteiger partial charge in [-0.1, -0.05) is 18.7 Å². The van der Waals surface area contributed by atoms with Crippen molar-refractivity contribution < 1.29 is 4.79 Å². The molecule has 0 spiro atoms. The summed E-state index contributed by atoms with van der Waals surface area (Å²) >= 11 is 1.43. The number of carbonyl (C=O) groups excluding carboxylic acids is 1. The Morgan fingerprint density at radius 3 is 2.71 bits per heavy atom. The van der Waals surface area contributed by atoms with Crippen molar-refractivity contribution in [3.63, 3.8) is 0 Å². The number of rotatable bonds is 7. The van der Waals surface area contributed by atoms with Gasteiger partial charge in [0.25, 0.3) is 0 Å². The second kappa shape index (κ2) is 7.24. The van der Waals surface area contributed by atoms with Gasteiger partial charge in [0.1, 0.15) is 0 Å². The van der Waals surface area contributed by atoms with E-state index in [2.05, 4.69) is 15.3 Å². The van der Waals surface area contributed by atoms with E-state index >= 15 is 0 Å². The zero-order valence-electron chi connectivity index (χ0n) is 10.1. The minimum Gasteiger partial charge on any atom is -0.368 e. The molecule has 1 rings (SSSR count). The van der Waals surface area contributed by atoms with E-state index in [-0.39, 0.29) is 11.9 Å². The lowest BCUT2D eigenvalue weighted by atomic mass is 10.3. The Morgan fingerprint density at radius 1 is 1.53 bits per heavy atom. The Bertz CT molecular complexity index is 355. The molecule has 0 aliphatic carbocycles. The summed E-state index contributed by atoms with van der Waals surface area (Å²) in [6.45, 7) is 4.76. The summed E-state index contributed by atoms with van der Waals surface area (Å²) in [4.78, 5) is 19.5. The Labute approximate surface area is 106 Å². The summed E-state index contributed by atoms with van der Waals surface area (Å²) in [6.07, 6.45) is 4.48. The van der Waals surface area contributed by atoms with Gasteiger partial charge in [-0.2, -0.15) is 0 Å². The molecule has 0 saturated heterocycles. The number of thioether (sulfide) groups is 1. The van der Waals surface area contributed by atoms with Gasteiger partial charge in [0, 0.05) is 18.1 Å². The topological polar surface area (TPSA) is 80.9 Å². The third-order valence-electron chi connectivity index (χ3n) is 2.12. The zero-order chi connectivity index (χ0) is 12.7. The molecule has 0 aliphatic rings. The number of hydrogen-bond acceptors (Lipinski definition) is 5. The number of hydrogen-bond donors (Lipinski definition) is 2. The normalized spacial score (nSPS) is 12.4. The van der Waals surface area contributed by atoms with Crippen molar-refractivity contribution in [3.05, 3.63) is 18.0 Å². The second-order valence-electron chi connectivity index (χ2n) is 3.76. The lowest BCUT2D eigenvalue weighted by Crippen LogP contribution is -2.43. The number of aromatic nitrogens is 2. The first-order valence-corrected chi connectivity index (χ1v) is 6.56. The molecule has 0 saturated carbocycles. The van der Waals surface area contributed by atoms with Crippen LogP contribution in [0.3, 0.4) is 0 Å². The summed E-state index contributed by atoms with van der Waals surface area (Å²) in [7, 11) is 0. The van der Waals surface area contributed by atoms with Crippen molar-refractivity contribution in [2.24, 2.45) is 5.73 Å². The molecule has 0 fully saturated rings. The third kappa shape index (κ3) is 5.14. The SMILES string of the molecule is CCCNC(CSc1ncc(C)cn1)C(N)=O. The van der Waals surface area contributed by atoms with Gasteiger partial charge in [-0.15, -0.1) is 0 Å². The average Bonchev–Trinajstić information content (AvgIpc) is 2.31. The smallest absolute Gasteiger partial charge is 0.235 e. The molecular weight excluding hydrogens is 236 g/mol. The fourth-order valence-corrected chi connectivity index (χ4v) is 2.03. The predicted octanol–water partition coefficient (Wildman–Crippen LogP) is 0.731. The first-order valence-electron chi connectivity index (χ1n) is 5.57. The predicted molar refractivity (Wildman–Crippen MR) is 68.8 cm³/mol. The summed E-state index contributed by atoms with van der Waals surface area (Å²) in [5.74, 6) is 0.219. The standard InChI is InChI=1S/C11H18N4OS/c1-3-4-13-9(10(12)16)7-17-11-14-5-8(2)6-15-11/h5-6,9,13H,3-4,7H2,1-2H3,(H2,12,16). The molecule has 1 amide bonds. The van der Waals surface area contributed by atoms with E-state index in [1.54, 1.807) is 12.4 Å². The highest BCUT2D eigenvalue weighted by molar-refractivity contribution is 7.99. The molecule has 0 aromatic carbocycles. The van der Waals surface area contributed by atoms with Crippen molar-refractivity contribution in [3.8, 4) is 0 Å². The maximum atomic E-state index is 11.2. The number of nitrogens with zero attached hydrogens (tertiary/aromatic N) is 2. The van der Waals surface area contributed by atoms with Crippen LogP contribution in [0.5, 0.6) is 0 Å². The van der Waals surface area contributed by atoms with Gasteiger partial charge in [0.2, 0.25) is 5.91 Å². The van der Waals surface area contributed by atoms with Gasteiger partial charge >= 0.3 is 0 Å². The van der Waals surface area contributed by atoms with Crippen LogP contribution in [0.2, 0.25) is 0 Å². The molecule has 3 N–H and O–H groups in total. The van der Waals surface area contributed by atoms with Crippen molar-refractivity contribution >= 4 is 17.7 Å². The van der Waals surface area contributed by atoms with Crippen LogP contribution in [0.15, 0.2) is 17.6 Å². The van der Waals surface area contributed by atoms with Crippen molar-refractivity contribution in [1.82, 2.24) is 15.3 Å². The fourth-order valence-electron chi connectivity index (χ4n) is 1.17. The Kier molecular flexibility index (Phi) is 5.93. The Balaban J connectivity index is 2.45. The highest BCUT2D eigenvalue weighted by Gasteiger charge is 2.14. The summed E-state index contributed by atoms with van der Waals surface area (Å²) < 4.78 is 0. The molecule has 1 aromatic rings. The molecule has 0 bridgehead atoms. The molecule has 1 unspecified atom stereocenters. The second-order valence-corrected chi connectivity index (χ2v) is 4.75. The van der Waals surface area contributed by atoms with Crippen LogP contribution >= 0.6 is 11.8 Å². The molecule has 0 radical (unpaired) electrons. The first-order chi connectivity index (χ1) is 8.13. The zero-order valence-corrected chi connectivity index (χ0v) is 11.0. The molecule has 1 aromatic heterocycles. The Morgan fingerprint density at radius 2 is 2.18 bits per heavy atom. The molecular formula is C11H18N4OS. The largest absolute Gasteiger partial charge is 0.368 e. The van der Waals surface area contributed by atoms with E-state index < -0.39 is 0 Å². The highest BCUT2D eigenvalue weighted by Crippen LogP contribution is 2.13. The maximum Gasteiger partial charge on any atom is 0.235 e. The van der Waals surface area contributed by atoms with Gasteiger partial charge in [0.15, 0.2) is 5.16 Å². The number of primary amides is 1. The number of carbonyl (C=O) groups is 1. The minimum atomic E-state index is -0.335. The fraction of sp³-hybridized carbons (Fsp3) is 0.545. The number of amides is 1. The summed E-state index contributed by atoms with van der Waals surface area (Å²) in [5, 5.41) is 3.77. The maximum absolute atomic E-state index is 11.2. The molecule has 5 nitrogen and oxygen atoms in total. The summed E-state index contributed by atoms with van der Waals surface area (Å²) in [5.41, 5.74) is 6.33. The van der Waals surface area contributed by atoms with Gasteiger partial charge in [0.05, 0.1) is 6.04 Å². The molecule has 17 heavy (non-hydrogen) atoms. The Hall–Kier alpha value is -1.14. The minimum absolute atomic E-state index is 0.329. The highest BCUT2D eigenvalue weighted by atomic mass is 32.2. The number of nitrogens with one attached hydrogen (secondary N) is 1. The third-order valence-corrected chi connectivity index (χ3v) is 3.09. The van der Waals surface area contributed by atoms with Crippen molar-refractivity contribution in [2.45, 2.75) is 31.5 Å². The average molecular weight is 254 g/mol. The molecule has 1 heterocycles. The van der Waals surface area contributed by atoms with E-state index in [1.165, 1.54) is 11.8 Å². The van der Waals surface area contributed by atoms with Crippen molar-refractivity contribution in [2.75, 3.05) is 12.3 Å². The number of nitrogens with two attached hydrogens (primary N) is 1. The van der Waals surface area contributed by atoms with Crippen LogP contribution in [0.25, 0.3) is 0 Å². The van der Waals surface area contributed by atoms with Crippen LogP contribution < -0.4 is 11.1 Å². The van der Waals surface area contributed by atoms with Crippen LogP contribution in [0.1, 0.15) is 18.9 Å². The number of aryl methyl sites for hydroxylation is 1. The van der Waals surface area contributed by atoms with E-state index in [4.69, 9.17) is 5.73 Å². The molecule has 94 valence electrons.